The van der Waals surface area contributed by atoms with E-state index in [0.717, 1.165) is 6.42 Å². The lowest BCUT2D eigenvalue weighted by Crippen LogP contribution is -2.68. The number of nitrogens with one attached hydrogen (secondary N) is 1. The van der Waals surface area contributed by atoms with Crippen molar-refractivity contribution in [1.82, 2.24) is 10.2 Å². The van der Waals surface area contributed by atoms with E-state index in [1.807, 2.05) is 27.7 Å². The van der Waals surface area contributed by atoms with Crippen molar-refractivity contribution in [2.45, 2.75) is 58.7 Å². The predicted octanol–water partition coefficient (Wildman–Crippen LogP) is 0.927. The molecule has 108 valence electrons. The molecule has 5 nitrogen and oxygen atoms in total. The van der Waals surface area contributed by atoms with Gasteiger partial charge in [-0.3, -0.25) is 9.59 Å². The van der Waals surface area contributed by atoms with E-state index < -0.39 is 6.04 Å². The SMILES string of the molecule is CCC1NC(=O)C(C(C)(C)C)N(C2CCOC2)C1=O. The molecule has 0 saturated carbocycles. The fraction of sp³-hybridized carbons (Fsp3) is 0.857. The normalized spacial score (nSPS) is 32.6. The van der Waals surface area contributed by atoms with Crippen molar-refractivity contribution >= 4 is 11.8 Å². The first kappa shape index (κ1) is 14.3. The average molecular weight is 268 g/mol. The topological polar surface area (TPSA) is 58.6 Å². The highest BCUT2D eigenvalue weighted by atomic mass is 16.5. The van der Waals surface area contributed by atoms with Crippen LogP contribution in [0.15, 0.2) is 0 Å². The fourth-order valence-electron chi connectivity index (χ4n) is 2.97. The smallest absolute Gasteiger partial charge is 0.246 e. The van der Waals surface area contributed by atoms with Crippen molar-refractivity contribution in [1.29, 1.82) is 0 Å². The van der Waals surface area contributed by atoms with Gasteiger partial charge in [-0.05, 0) is 18.3 Å². The largest absolute Gasteiger partial charge is 0.379 e. The van der Waals surface area contributed by atoms with Crippen LogP contribution in [-0.4, -0.2) is 48.1 Å². The first-order valence-electron chi connectivity index (χ1n) is 7.06. The maximum atomic E-state index is 12.6. The zero-order valence-corrected chi connectivity index (χ0v) is 12.2. The highest BCUT2D eigenvalue weighted by Crippen LogP contribution is 2.31. The number of piperazine rings is 1. The Bertz CT molecular complexity index is 369. The number of amides is 2. The third-order valence-corrected chi connectivity index (χ3v) is 3.92. The van der Waals surface area contributed by atoms with Gasteiger partial charge in [-0.1, -0.05) is 27.7 Å². The van der Waals surface area contributed by atoms with Crippen LogP contribution < -0.4 is 5.32 Å². The second kappa shape index (κ2) is 5.12. The molecule has 2 aliphatic heterocycles. The number of carbonyl (C=O) groups is 2. The lowest BCUT2D eigenvalue weighted by atomic mass is 9.82. The van der Waals surface area contributed by atoms with E-state index in [4.69, 9.17) is 4.74 Å². The van der Waals surface area contributed by atoms with E-state index in [1.54, 1.807) is 4.90 Å². The molecule has 0 aliphatic carbocycles. The van der Waals surface area contributed by atoms with Crippen molar-refractivity contribution < 1.29 is 14.3 Å². The molecule has 3 unspecified atom stereocenters. The van der Waals surface area contributed by atoms with Gasteiger partial charge in [-0.25, -0.2) is 0 Å². The summed E-state index contributed by atoms with van der Waals surface area (Å²) in [7, 11) is 0. The van der Waals surface area contributed by atoms with E-state index in [2.05, 4.69) is 5.32 Å². The molecule has 2 amide bonds. The first-order chi connectivity index (χ1) is 8.86. The monoisotopic (exact) mass is 268 g/mol. The standard InChI is InChI=1S/C14H24N2O3/c1-5-10-13(18)16(9-6-7-19-8-9)11(12(17)15-10)14(2,3)4/h9-11H,5-8H2,1-4H3,(H,15,17). The molecule has 0 aromatic carbocycles. The summed E-state index contributed by atoms with van der Waals surface area (Å²) in [4.78, 5) is 26.8. The minimum absolute atomic E-state index is 0.0362. The minimum atomic E-state index is -0.408. The Morgan fingerprint density at radius 2 is 2.05 bits per heavy atom. The Balaban J connectivity index is 2.33. The molecule has 1 N–H and O–H groups in total. The molecule has 0 spiro atoms. The highest BCUT2D eigenvalue weighted by molar-refractivity contribution is 5.97. The highest BCUT2D eigenvalue weighted by Gasteiger charge is 2.48. The number of hydrogen-bond acceptors (Lipinski definition) is 3. The average Bonchev–Trinajstić information content (AvgIpc) is 2.82. The van der Waals surface area contributed by atoms with Crippen LogP contribution in [0.1, 0.15) is 40.5 Å². The third kappa shape index (κ3) is 2.61. The molecule has 2 aliphatic rings. The molecule has 2 fully saturated rings. The third-order valence-electron chi connectivity index (χ3n) is 3.92. The van der Waals surface area contributed by atoms with Crippen molar-refractivity contribution in [3.63, 3.8) is 0 Å². The summed E-state index contributed by atoms with van der Waals surface area (Å²) in [6.45, 7) is 9.13. The number of nitrogens with zero attached hydrogens (tertiary/aromatic N) is 1. The van der Waals surface area contributed by atoms with Crippen LogP contribution >= 0.6 is 0 Å². The summed E-state index contributed by atoms with van der Waals surface area (Å²) < 4.78 is 5.40. The molecule has 2 rings (SSSR count). The summed E-state index contributed by atoms with van der Waals surface area (Å²) in [6, 6.07) is -0.752. The second-order valence-corrected chi connectivity index (χ2v) is 6.50. The van der Waals surface area contributed by atoms with E-state index in [1.165, 1.54) is 0 Å². The number of rotatable bonds is 2. The van der Waals surface area contributed by atoms with Gasteiger partial charge in [0.2, 0.25) is 11.8 Å². The van der Waals surface area contributed by atoms with Crippen molar-refractivity contribution in [2.75, 3.05) is 13.2 Å². The number of carbonyl (C=O) groups excluding carboxylic acids is 2. The number of hydrogen-bond donors (Lipinski definition) is 1. The van der Waals surface area contributed by atoms with Crippen LogP contribution in [0.3, 0.4) is 0 Å². The van der Waals surface area contributed by atoms with Gasteiger partial charge in [0.1, 0.15) is 12.1 Å². The van der Waals surface area contributed by atoms with Crippen LogP contribution in [-0.2, 0) is 14.3 Å². The molecule has 0 aromatic heterocycles. The molecular formula is C14H24N2O3. The van der Waals surface area contributed by atoms with Gasteiger partial charge in [0, 0.05) is 6.61 Å². The molecule has 0 aromatic rings. The van der Waals surface area contributed by atoms with Crippen LogP contribution in [0, 0.1) is 5.41 Å². The van der Waals surface area contributed by atoms with Gasteiger partial charge in [0.25, 0.3) is 0 Å². The number of ether oxygens (including phenoxy) is 1. The van der Waals surface area contributed by atoms with Crippen molar-refractivity contribution in [2.24, 2.45) is 5.41 Å². The lowest BCUT2D eigenvalue weighted by molar-refractivity contribution is -0.157. The van der Waals surface area contributed by atoms with Gasteiger partial charge in [0.05, 0.1) is 12.6 Å². The Kier molecular flexibility index (Phi) is 3.85. The maximum Gasteiger partial charge on any atom is 0.246 e. The Labute approximate surface area is 114 Å². The van der Waals surface area contributed by atoms with E-state index >= 15 is 0 Å². The molecule has 19 heavy (non-hydrogen) atoms. The Hall–Kier alpha value is -1.10. The zero-order valence-electron chi connectivity index (χ0n) is 12.2. The Morgan fingerprint density at radius 3 is 2.53 bits per heavy atom. The molecule has 3 atom stereocenters. The maximum absolute atomic E-state index is 12.6. The second-order valence-electron chi connectivity index (χ2n) is 6.50. The van der Waals surface area contributed by atoms with Gasteiger partial charge < -0.3 is 15.0 Å². The molecule has 0 radical (unpaired) electrons. The summed E-state index contributed by atoms with van der Waals surface area (Å²) in [5.41, 5.74) is -0.277. The van der Waals surface area contributed by atoms with Crippen molar-refractivity contribution in [3.8, 4) is 0 Å². The first-order valence-corrected chi connectivity index (χ1v) is 7.06. The minimum Gasteiger partial charge on any atom is -0.379 e. The molecule has 2 saturated heterocycles. The zero-order chi connectivity index (χ0) is 14.2. The van der Waals surface area contributed by atoms with Gasteiger partial charge in [-0.15, -0.1) is 0 Å². The summed E-state index contributed by atoms with van der Waals surface area (Å²) in [6.07, 6.45) is 1.45. The predicted molar refractivity (Wildman–Crippen MR) is 71.5 cm³/mol. The quantitative estimate of drug-likeness (QED) is 0.810. The fourth-order valence-corrected chi connectivity index (χ4v) is 2.97. The van der Waals surface area contributed by atoms with Crippen LogP contribution in [0.25, 0.3) is 0 Å². The summed E-state index contributed by atoms with van der Waals surface area (Å²) in [5.74, 6) is 0.00313. The molecule has 0 bridgehead atoms. The van der Waals surface area contributed by atoms with Gasteiger partial charge in [0.15, 0.2) is 0 Å². The van der Waals surface area contributed by atoms with E-state index in [0.29, 0.717) is 19.6 Å². The van der Waals surface area contributed by atoms with Crippen molar-refractivity contribution in [3.05, 3.63) is 0 Å². The molecule has 5 heteroatoms. The van der Waals surface area contributed by atoms with E-state index in [9.17, 15) is 9.59 Å². The summed E-state index contributed by atoms with van der Waals surface area (Å²) >= 11 is 0. The van der Waals surface area contributed by atoms with Gasteiger partial charge >= 0.3 is 0 Å². The van der Waals surface area contributed by atoms with Gasteiger partial charge in [-0.2, -0.15) is 0 Å². The van der Waals surface area contributed by atoms with E-state index in [-0.39, 0.29) is 29.3 Å². The van der Waals surface area contributed by atoms with Crippen LogP contribution in [0.2, 0.25) is 0 Å². The summed E-state index contributed by atoms with van der Waals surface area (Å²) in [5, 5.41) is 2.85. The van der Waals surface area contributed by atoms with Crippen LogP contribution in [0.4, 0.5) is 0 Å². The molecule has 2 heterocycles. The van der Waals surface area contributed by atoms with Crippen LogP contribution in [0.5, 0.6) is 0 Å². The molecular weight excluding hydrogens is 244 g/mol. The lowest BCUT2D eigenvalue weighted by Gasteiger charge is -2.47. The Morgan fingerprint density at radius 1 is 1.37 bits per heavy atom.